The Morgan fingerprint density at radius 3 is 2.68 bits per heavy atom. The summed E-state index contributed by atoms with van der Waals surface area (Å²) in [6.45, 7) is 8.81. The number of ether oxygens (including phenoxy) is 1. The summed E-state index contributed by atoms with van der Waals surface area (Å²) in [7, 11) is 0. The number of aryl methyl sites for hydroxylation is 1. The number of rotatable bonds is 7. The van der Waals surface area contributed by atoms with Crippen LogP contribution in [0, 0.1) is 13.8 Å². The van der Waals surface area contributed by atoms with Gasteiger partial charge in [-0.1, -0.05) is 19.1 Å². The van der Waals surface area contributed by atoms with Crippen LogP contribution in [0.15, 0.2) is 18.2 Å². The molecule has 0 spiro atoms. The van der Waals surface area contributed by atoms with Crippen molar-refractivity contribution in [2.24, 2.45) is 5.73 Å². The Balaban J connectivity index is 2.76. The predicted molar refractivity (Wildman–Crippen MR) is 77.3 cm³/mol. The number of nitrogens with one attached hydrogen (secondary N) is 1. The summed E-state index contributed by atoms with van der Waals surface area (Å²) in [4.78, 5) is 11.6. The molecule has 0 bridgehead atoms. The van der Waals surface area contributed by atoms with Crippen molar-refractivity contribution < 1.29 is 9.53 Å². The summed E-state index contributed by atoms with van der Waals surface area (Å²) in [5.41, 5.74) is 6.88. The highest BCUT2D eigenvalue weighted by Crippen LogP contribution is 2.21. The Bertz CT molecular complexity index is 446. The Hall–Kier alpha value is -1.55. The summed E-state index contributed by atoms with van der Waals surface area (Å²) >= 11 is 0. The molecule has 0 aliphatic carbocycles. The molecule has 0 heterocycles. The van der Waals surface area contributed by atoms with E-state index in [1.54, 1.807) is 6.92 Å². The lowest BCUT2D eigenvalue weighted by Gasteiger charge is -2.27. The largest absolute Gasteiger partial charge is 0.491 e. The molecule has 1 rings (SSSR count). The van der Waals surface area contributed by atoms with Crippen LogP contribution in [0.4, 0.5) is 0 Å². The van der Waals surface area contributed by atoms with Crippen LogP contribution in [0.25, 0.3) is 0 Å². The van der Waals surface area contributed by atoms with Crippen LogP contribution >= 0.6 is 0 Å². The summed E-state index contributed by atoms with van der Waals surface area (Å²) < 4.78 is 5.78. The van der Waals surface area contributed by atoms with E-state index in [1.165, 1.54) is 5.56 Å². The molecule has 0 radical (unpaired) electrons. The van der Waals surface area contributed by atoms with Crippen molar-refractivity contribution in [1.29, 1.82) is 0 Å². The van der Waals surface area contributed by atoms with Crippen molar-refractivity contribution in [3.63, 3.8) is 0 Å². The normalized spacial score (nSPS) is 13.9. The fourth-order valence-corrected chi connectivity index (χ4v) is 1.71. The van der Waals surface area contributed by atoms with Crippen LogP contribution in [0.5, 0.6) is 5.75 Å². The molecule has 4 heteroatoms. The van der Waals surface area contributed by atoms with Crippen LogP contribution in [0.2, 0.25) is 0 Å². The molecular formula is C15H24N2O2. The van der Waals surface area contributed by atoms with Gasteiger partial charge >= 0.3 is 0 Å². The average molecular weight is 264 g/mol. The van der Waals surface area contributed by atoms with E-state index in [2.05, 4.69) is 5.32 Å². The van der Waals surface area contributed by atoms with Crippen molar-refractivity contribution in [3.8, 4) is 5.75 Å². The molecule has 0 fully saturated rings. The minimum atomic E-state index is -0.841. The average Bonchev–Trinajstić information content (AvgIpc) is 2.38. The van der Waals surface area contributed by atoms with Gasteiger partial charge < -0.3 is 15.8 Å². The van der Waals surface area contributed by atoms with Crippen molar-refractivity contribution >= 4 is 5.91 Å². The quantitative estimate of drug-likeness (QED) is 0.791. The van der Waals surface area contributed by atoms with Gasteiger partial charge in [0.15, 0.2) is 0 Å². The van der Waals surface area contributed by atoms with E-state index < -0.39 is 11.4 Å². The number of hydrogen-bond acceptors (Lipinski definition) is 3. The van der Waals surface area contributed by atoms with Crippen LogP contribution in [-0.4, -0.2) is 24.6 Å². The number of carbonyl (C=O) groups is 1. The first-order valence-corrected chi connectivity index (χ1v) is 6.64. The molecule has 1 aromatic carbocycles. The molecule has 1 amide bonds. The monoisotopic (exact) mass is 264 g/mol. The Morgan fingerprint density at radius 2 is 2.11 bits per heavy atom. The Morgan fingerprint density at radius 1 is 1.42 bits per heavy atom. The first-order chi connectivity index (χ1) is 8.90. The molecule has 1 unspecified atom stereocenters. The summed E-state index contributed by atoms with van der Waals surface area (Å²) in [6, 6.07) is 5.88. The van der Waals surface area contributed by atoms with Crippen LogP contribution in [-0.2, 0) is 4.79 Å². The lowest BCUT2D eigenvalue weighted by molar-refractivity contribution is -0.125. The van der Waals surface area contributed by atoms with Crippen LogP contribution in [0.1, 0.15) is 31.4 Å². The SMILES string of the molecule is CCCNC(C)(COc1cccc(C)c1C)C(N)=O. The first-order valence-electron chi connectivity index (χ1n) is 6.64. The molecule has 106 valence electrons. The van der Waals surface area contributed by atoms with Gasteiger partial charge in [-0.3, -0.25) is 4.79 Å². The number of nitrogens with two attached hydrogens (primary N) is 1. The Labute approximate surface area is 115 Å². The zero-order chi connectivity index (χ0) is 14.5. The second kappa shape index (κ2) is 6.57. The molecular weight excluding hydrogens is 240 g/mol. The minimum absolute atomic E-state index is 0.229. The fraction of sp³-hybridized carbons (Fsp3) is 0.533. The minimum Gasteiger partial charge on any atom is -0.491 e. The van der Waals surface area contributed by atoms with E-state index in [1.807, 2.05) is 39.0 Å². The van der Waals surface area contributed by atoms with Crippen LogP contribution < -0.4 is 15.8 Å². The first kappa shape index (κ1) is 15.5. The van der Waals surface area contributed by atoms with E-state index >= 15 is 0 Å². The predicted octanol–water partition coefficient (Wildman–Crippen LogP) is 1.93. The fourth-order valence-electron chi connectivity index (χ4n) is 1.71. The van der Waals surface area contributed by atoms with Gasteiger partial charge in [-0.2, -0.15) is 0 Å². The number of primary amides is 1. The second-order valence-corrected chi connectivity index (χ2v) is 5.11. The third-order valence-corrected chi connectivity index (χ3v) is 3.38. The smallest absolute Gasteiger partial charge is 0.240 e. The molecule has 0 aromatic heterocycles. The van der Waals surface area contributed by atoms with Crippen molar-refractivity contribution in [3.05, 3.63) is 29.3 Å². The lowest BCUT2D eigenvalue weighted by atomic mass is 10.0. The van der Waals surface area contributed by atoms with Crippen molar-refractivity contribution in [2.75, 3.05) is 13.2 Å². The third kappa shape index (κ3) is 3.96. The van der Waals surface area contributed by atoms with Gasteiger partial charge in [0.05, 0.1) is 0 Å². The molecule has 3 N–H and O–H groups in total. The summed E-state index contributed by atoms with van der Waals surface area (Å²) in [5, 5.41) is 3.15. The maximum Gasteiger partial charge on any atom is 0.240 e. The topological polar surface area (TPSA) is 64.3 Å². The van der Waals surface area contributed by atoms with E-state index in [-0.39, 0.29) is 6.61 Å². The van der Waals surface area contributed by atoms with E-state index in [0.717, 1.165) is 24.3 Å². The van der Waals surface area contributed by atoms with Gasteiger partial charge in [-0.25, -0.2) is 0 Å². The summed E-state index contributed by atoms with van der Waals surface area (Å²) in [6.07, 6.45) is 0.937. The zero-order valence-corrected chi connectivity index (χ0v) is 12.2. The third-order valence-electron chi connectivity index (χ3n) is 3.38. The highest BCUT2D eigenvalue weighted by Gasteiger charge is 2.31. The van der Waals surface area contributed by atoms with E-state index in [0.29, 0.717) is 0 Å². The number of hydrogen-bond donors (Lipinski definition) is 2. The van der Waals surface area contributed by atoms with Gasteiger partial charge in [-0.15, -0.1) is 0 Å². The zero-order valence-electron chi connectivity index (χ0n) is 12.2. The number of carbonyl (C=O) groups excluding carboxylic acids is 1. The molecule has 0 saturated carbocycles. The molecule has 0 aliphatic rings. The highest BCUT2D eigenvalue weighted by molar-refractivity contribution is 5.84. The van der Waals surface area contributed by atoms with Crippen molar-refractivity contribution in [1.82, 2.24) is 5.32 Å². The van der Waals surface area contributed by atoms with E-state index in [9.17, 15) is 4.79 Å². The molecule has 0 saturated heterocycles. The summed E-state index contributed by atoms with van der Waals surface area (Å²) in [5.74, 6) is 0.400. The second-order valence-electron chi connectivity index (χ2n) is 5.11. The molecule has 1 aromatic rings. The molecule has 1 atom stereocenters. The van der Waals surface area contributed by atoms with Gasteiger partial charge in [0.1, 0.15) is 17.9 Å². The Kier molecular flexibility index (Phi) is 5.36. The van der Waals surface area contributed by atoms with Gasteiger partial charge in [-0.05, 0) is 50.9 Å². The number of amides is 1. The van der Waals surface area contributed by atoms with Crippen molar-refractivity contribution in [2.45, 2.75) is 39.7 Å². The standard InChI is InChI=1S/C15H24N2O2/c1-5-9-17-15(4,14(16)18)10-19-13-8-6-7-11(2)12(13)3/h6-8,17H,5,9-10H2,1-4H3,(H2,16,18). The maximum absolute atomic E-state index is 11.6. The molecule has 19 heavy (non-hydrogen) atoms. The van der Waals surface area contributed by atoms with E-state index in [4.69, 9.17) is 10.5 Å². The highest BCUT2D eigenvalue weighted by atomic mass is 16.5. The molecule has 0 aliphatic heterocycles. The van der Waals surface area contributed by atoms with Gasteiger partial charge in [0.2, 0.25) is 5.91 Å². The number of benzene rings is 1. The van der Waals surface area contributed by atoms with Crippen LogP contribution in [0.3, 0.4) is 0 Å². The van der Waals surface area contributed by atoms with Gasteiger partial charge in [0.25, 0.3) is 0 Å². The maximum atomic E-state index is 11.6. The molecule has 4 nitrogen and oxygen atoms in total. The lowest BCUT2D eigenvalue weighted by Crippen LogP contribution is -2.57. The van der Waals surface area contributed by atoms with Gasteiger partial charge in [0, 0.05) is 0 Å².